The van der Waals surface area contributed by atoms with Gasteiger partial charge in [0.2, 0.25) is 0 Å². The van der Waals surface area contributed by atoms with E-state index >= 15 is 0 Å². The minimum absolute atomic E-state index is 0.0954. The Kier molecular flexibility index (Phi) is 6.64. The molecule has 1 fully saturated rings. The third kappa shape index (κ3) is 5.04. The molecule has 4 rings (SSSR count). The predicted octanol–water partition coefficient (Wildman–Crippen LogP) is 3.57. The molecule has 3 aromatic rings. The number of hydrogen-bond donors (Lipinski definition) is 3. The number of nitrogens with one attached hydrogen (secondary N) is 3. The summed E-state index contributed by atoms with van der Waals surface area (Å²) in [5, 5.41) is 6.94. The van der Waals surface area contributed by atoms with Gasteiger partial charge in [0.1, 0.15) is 5.69 Å². The molecule has 0 radical (unpaired) electrons. The van der Waals surface area contributed by atoms with Crippen molar-refractivity contribution < 1.29 is 19.1 Å². The lowest BCUT2D eigenvalue weighted by Gasteiger charge is -2.14. The molecule has 32 heavy (non-hydrogen) atoms. The zero-order valence-electron chi connectivity index (χ0n) is 16.9. The molecule has 1 aromatic heterocycles. The lowest BCUT2D eigenvalue weighted by atomic mass is 10.2. The van der Waals surface area contributed by atoms with Crippen molar-refractivity contribution in [3.05, 3.63) is 64.3 Å². The van der Waals surface area contributed by atoms with Gasteiger partial charge in [-0.25, -0.2) is 4.68 Å². The van der Waals surface area contributed by atoms with E-state index in [-0.39, 0.29) is 18.3 Å². The number of carbonyl (C=O) groups is 3. The molecule has 1 aliphatic heterocycles. The van der Waals surface area contributed by atoms with Crippen LogP contribution in [0.3, 0.4) is 0 Å². The average molecular weight is 475 g/mol. The van der Waals surface area contributed by atoms with Crippen LogP contribution in [-0.4, -0.2) is 41.7 Å². The quantitative estimate of drug-likeness (QED) is 0.492. The van der Waals surface area contributed by atoms with Gasteiger partial charge in [0.15, 0.2) is 0 Å². The molecule has 0 aliphatic carbocycles. The van der Waals surface area contributed by atoms with E-state index in [2.05, 4.69) is 16.1 Å². The molecule has 1 saturated heterocycles. The van der Waals surface area contributed by atoms with Crippen LogP contribution in [0.1, 0.15) is 23.3 Å². The third-order valence-electron chi connectivity index (χ3n) is 5.03. The van der Waals surface area contributed by atoms with E-state index in [4.69, 9.17) is 27.9 Å². The van der Waals surface area contributed by atoms with Crippen LogP contribution in [0.4, 0.5) is 5.69 Å². The van der Waals surface area contributed by atoms with E-state index in [1.54, 1.807) is 48.5 Å². The summed E-state index contributed by atoms with van der Waals surface area (Å²) in [6.45, 7) is 0.898. The molecule has 0 spiro atoms. The summed E-state index contributed by atoms with van der Waals surface area (Å²) in [4.78, 5) is 37.8. The summed E-state index contributed by atoms with van der Waals surface area (Å²) >= 11 is 12.0. The molecule has 3 N–H and O–H groups in total. The smallest absolute Gasteiger partial charge is 0.328 e. The Bertz CT molecular complexity index is 1170. The van der Waals surface area contributed by atoms with Gasteiger partial charge in [-0.1, -0.05) is 23.2 Å². The van der Waals surface area contributed by atoms with Crippen LogP contribution in [0.25, 0.3) is 10.9 Å². The van der Waals surface area contributed by atoms with Crippen molar-refractivity contribution >= 4 is 57.5 Å². The summed E-state index contributed by atoms with van der Waals surface area (Å²) in [7, 11) is 0. The highest BCUT2D eigenvalue weighted by atomic mass is 35.5. The number of aromatic nitrogens is 1. The van der Waals surface area contributed by atoms with Crippen LogP contribution >= 0.6 is 23.2 Å². The predicted molar refractivity (Wildman–Crippen MR) is 123 cm³/mol. The van der Waals surface area contributed by atoms with Crippen LogP contribution in [0.15, 0.2) is 48.5 Å². The van der Waals surface area contributed by atoms with Crippen molar-refractivity contribution in [2.75, 3.05) is 23.9 Å². The van der Waals surface area contributed by atoms with Crippen LogP contribution in [0.2, 0.25) is 10.0 Å². The fraction of sp³-hybridized carbons (Fsp3) is 0.227. The van der Waals surface area contributed by atoms with E-state index in [0.717, 1.165) is 12.8 Å². The van der Waals surface area contributed by atoms with Crippen LogP contribution in [0.5, 0.6) is 0 Å². The molecule has 166 valence electrons. The van der Waals surface area contributed by atoms with Gasteiger partial charge in [-0.2, -0.15) is 0 Å². The third-order valence-corrected chi connectivity index (χ3v) is 5.52. The maximum absolute atomic E-state index is 13.0. The lowest BCUT2D eigenvalue weighted by molar-refractivity contribution is -0.136. The Balaban J connectivity index is 1.56. The number of hydrogen-bond acceptors (Lipinski definition) is 4. The molecule has 1 aliphatic rings. The van der Waals surface area contributed by atoms with Crippen molar-refractivity contribution in [3.63, 3.8) is 0 Å². The summed E-state index contributed by atoms with van der Waals surface area (Å²) in [6, 6.07) is 13.1. The number of fused-ring (bicyclic) bond motifs is 1. The molecule has 0 bridgehead atoms. The van der Waals surface area contributed by atoms with E-state index < -0.39 is 17.7 Å². The number of nitrogens with zero attached hydrogens (tertiary/aromatic N) is 1. The van der Waals surface area contributed by atoms with Crippen LogP contribution in [0, 0.1) is 0 Å². The molecule has 3 amide bonds. The van der Waals surface area contributed by atoms with Crippen molar-refractivity contribution in [2.45, 2.75) is 18.9 Å². The number of ether oxygens (including phenoxy) is 1. The summed E-state index contributed by atoms with van der Waals surface area (Å²) < 4.78 is 6.72. The van der Waals surface area contributed by atoms with Crippen LogP contribution in [-0.2, 0) is 14.3 Å². The summed E-state index contributed by atoms with van der Waals surface area (Å²) in [5.41, 5.74) is 3.66. The maximum atomic E-state index is 13.0. The molecule has 0 saturated carbocycles. The molecule has 8 nitrogen and oxygen atoms in total. The molecule has 10 heteroatoms. The highest BCUT2D eigenvalue weighted by molar-refractivity contribution is 6.38. The average Bonchev–Trinajstić information content (AvgIpc) is 3.41. The van der Waals surface area contributed by atoms with Gasteiger partial charge >= 0.3 is 11.8 Å². The van der Waals surface area contributed by atoms with Gasteiger partial charge in [-0.15, -0.1) is 0 Å². The fourth-order valence-corrected chi connectivity index (χ4v) is 3.75. The van der Waals surface area contributed by atoms with E-state index in [1.807, 2.05) is 0 Å². The first kappa shape index (κ1) is 22.1. The Morgan fingerprint density at radius 3 is 2.47 bits per heavy atom. The van der Waals surface area contributed by atoms with Gasteiger partial charge in [0, 0.05) is 34.3 Å². The zero-order chi connectivity index (χ0) is 22.7. The summed E-state index contributed by atoms with van der Waals surface area (Å²) in [5.74, 6) is -2.21. The minimum Gasteiger partial charge on any atom is -0.376 e. The highest BCUT2D eigenvalue weighted by Crippen LogP contribution is 2.24. The molecule has 1 atom stereocenters. The SMILES string of the molecule is O=C(NC[C@H]1CCCO1)C(=O)Nn1c(C(=O)Nc2ccc(Cl)cc2)cc2cc(Cl)ccc21. The first-order valence-corrected chi connectivity index (χ1v) is 10.7. The highest BCUT2D eigenvalue weighted by Gasteiger charge is 2.23. The number of rotatable bonds is 5. The second kappa shape index (κ2) is 9.60. The maximum Gasteiger partial charge on any atom is 0.328 e. The minimum atomic E-state index is -0.906. The number of benzene rings is 2. The molecule has 2 aromatic carbocycles. The molecule has 2 heterocycles. The molecule has 0 unspecified atom stereocenters. The van der Waals surface area contributed by atoms with Crippen molar-refractivity contribution in [3.8, 4) is 0 Å². The monoisotopic (exact) mass is 474 g/mol. The standard InChI is InChI=1S/C22H20Cl2N4O4/c23-14-3-6-16(7-4-14)26-20(29)19-11-13-10-15(24)5-8-18(13)28(19)27-22(31)21(30)25-12-17-2-1-9-32-17/h3-8,10-11,17H,1-2,9,12H2,(H,25,30)(H,26,29)(H,27,31)/t17-/m1/s1. The number of halogens is 2. The lowest BCUT2D eigenvalue weighted by Crippen LogP contribution is -2.42. The van der Waals surface area contributed by atoms with Gasteiger partial charge in [0.25, 0.3) is 5.91 Å². The topological polar surface area (TPSA) is 101 Å². The van der Waals surface area contributed by atoms with E-state index in [1.165, 1.54) is 4.68 Å². The second-order valence-corrected chi connectivity index (χ2v) is 8.19. The van der Waals surface area contributed by atoms with Crippen molar-refractivity contribution in [1.29, 1.82) is 0 Å². The Hall–Kier alpha value is -3.07. The second-order valence-electron chi connectivity index (χ2n) is 7.32. The van der Waals surface area contributed by atoms with Crippen LogP contribution < -0.4 is 16.1 Å². The largest absolute Gasteiger partial charge is 0.376 e. The zero-order valence-corrected chi connectivity index (χ0v) is 18.4. The Morgan fingerprint density at radius 2 is 1.75 bits per heavy atom. The van der Waals surface area contributed by atoms with Crippen molar-refractivity contribution in [2.24, 2.45) is 0 Å². The normalized spacial score (nSPS) is 15.5. The number of carbonyl (C=O) groups excluding carboxylic acids is 3. The summed E-state index contributed by atoms with van der Waals surface area (Å²) in [6.07, 6.45) is 1.67. The molecular weight excluding hydrogens is 455 g/mol. The number of anilines is 1. The van der Waals surface area contributed by atoms with E-state index in [0.29, 0.717) is 33.2 Å². The Labute approximate surface area is 193 Å². The van der Waals surface area contributed by atoms with Gasteiger partial charge in [0.05, 0.1) is 11.6 Å². The Morgan fingerprint density at radius 1 is 1.00 bits per heavy atom. The first-order chi connectivity index (χ1) is 15.4. The number of amides is 3. The van der Waals surface area contributed by atoms with Crippen molar-refractivity contribution in [1.82, 2.24) is 9.99 Å². The fourth-order valence-electron chi connectivity index (χ4n) is 3.45. The first-order valence-electron chi connectivity index (χ1n) is 9.99. The van der Waals surface area contributed by atoms with Gasteiger partial charge in [-0.05, 0) is 61.4 Å². The van der Waals surface area contributed by atoms with E-state index in [9.17, 15) is 14.4 Å². The van der Waals surface area contributed by atoms with Gasteiger partial charge in [-0.3, -0.25) is 19.8 Å². The molecular formula is C22H20Cl2N4O4. The van der Waals surface area contributed by atoms with Gasteiger partial charge < -0.3 is 15.4 Å².